The Balaban J connectivity index is 2.69. The van der Waals surface area contributed by atoms with Crippen molar-refractivity contribution in [3.63, 3.8) is 0 Å². The molecule has 0 aliphatic heterocycles. The van der Waals surface area contributed by atoms with E-state index in [1.165, 1.54) is 0 Å². The summed E-state index contributed by atoms with van der Waals surface area (Å²) in [5.74, 6) is -0.353. The van der Waals surface area contributed by atoms with E-state index in [1.54, 1.807) is 13.0 Å². The molecule has 0 fully saturated rings. The Morgan fingerprint density at radius 1 is 1.56 bits per heavy atom. The van der Waals surface area contributed by atoms with Crippen LogP contribution >= 0.6 is 0 Å². The summed E-state index contributed by atoms with van der Waals surface area (Å²) in [4.78, 5) is 13.5. The summed E-state index contributed by atoms with van der Waals surface area (Å²) < 4.78 is 6.72. The van der Waals surface area contributed by atoms with E-state index in [1.807, 2.05) is 25.7 Å². The van der Waals surface area contributed by atoms with Gasteiger partial charge in [-0.3, -0.25) is 4.68 Å². The summed E-state index contributed by atoms with van der Waals surface area (Å²) in [6, 6.07) is 1.76. The minimum atomic E-state index is -0.353. The second-order valence-electron chi connectivity index (χ2n) is 3.92. The lowest BCUT2D eigenvalue weighted by Gasteiger charge is -2.10. The van der Waals surface area contributed by atoms with E-state index in [4.69, 9.17) is 4.74 Å². The second-order valence-corrected chi connectivity index (χ2v) is 3.92. The highest BCUT2D eigenvalue weighted by molar-refractivity contribution is 5.87. The van der Waals surface area contributed by atoms with Crippen LogP contribution in [0.4, 0.5) is 0 Å². The molecule has 0 radical (unpaired) electrons. The number of esters is 1. The summed E-state index contributed by atoms with van der Waals surface area (Å²) in [6.07, 6.45) is 0. The fourth-order valence-electron chi connectivity index (χ4n) is 1.34. The first-order valence-electron chi connectivity index (χ1n) is 5.41. The minimum absolute atomic E-state index is 0.353. The van der Waals surface area contributed by atoms with Crippen molar-refractivity contribution in [2.24, 2.45) is 0 Å². The highest BCUT2D eigenvalue weighted by Crippen LogP contribution is 2.05. The molecule has 16 heavy (non-hydrogen) atoms. The molecule has 1 heterocycles. The molecular weight excluding hydrogens is 206 g/mol. The molecule has 0 aliphatic carbocycles. The van der Waals surface area contributed by atoms with Crippen molar-refractivity contribution in [3.8, 4) is 0 Å². The monoisotopic (exact) mass is 225 g/mol. The fraction of sp³-hybridized carbons (Fsp3) is 0.636. The molecule has 90 valence electrons. The molecule has 0 saturated heterocycles. The van der Waals surface area contributed by atoms with Gasteiger partial charge in [0.2, 0.25) is 0 Å². The Bertz CT molecular complexity index is 358. The predicted octanol–water partition coefficient (Wildman–Crippen LogP) is 0.930. The minimum Gasteiger partial charge on any atom is -0.461 e. The van der Waals surface area contributed by atoms with Crippen molar-refractivity contribution in [3.05, 3.63) is 17.5 Å². The summed E-state index contributed by atoms with van der Waals surface area (Å²) in [6.45, 7) is 5.77. The Hall–Kier alpha value is -1.36. The van der Waals surface area contributed by atoms with Crippen LogP contribution in [-0.4, -0.2) is 47.9 Å². The van der Waals surface area contributed by atoms with Gasteiger partial charge >= 0.3 is 5.97 Å². The highest BCUT2D eigenvalue weighted by atomic mass is 16.5. The number of rotatable bonds is 5. The van der Waals surface area contributed by atoms with Crippen molar-refractivity contribution in [1.29, 1.82) is 0 Å². The lowest BCUT2D eigenvalue weighted by Crippen LogP contribution is -2.20. The molecule has 5 heteroatoms. The Morgan fingerprint density at radius 2 is 2.25 bits per heavy atom. The van der Waals surface area contributed by atoms with Gasteiger partial charge in [0.05, 0.1) is 13.2 Å². The van der Waals surface area contributed by atoms with Gasteiger partial charge < -0.3 is 9.64 Å². The van der Waals surface area contributed by atoms with E-state index < -0.39 is 0 Å². The molecule has 0 unspecified atom stereocenters. The van der Waals surface area contributed by atoms with E-state index in [0.717, 1.165) is 18.8 Å². The topological polar surface area (TPSA) is 47.4 Å². The number of hydrogen-bond donors (Lipinski definition) is 0. The van der Waals surface area contributed by atoms with Gasteiger partial charge in [0, 0.05) is 12.2 Å². The van der Waals surface area contributed by atoms with E-state index >= 15 is 0 Å². The third kappa shape index (κ3) is 3.34. The largest absolute Gasteiger partial charge is 0.461 e. The van der Waals surface area contributed by atoms with E-state index in [9.17, 15) is 4.79 Å². The van der Waals surface area contributed by atoms with Gasteiger partial charge in [-0.15, -0.1) is 0 Å². The van der Waals surface area contributed by atoms with E-state index in [2.05, 4.69) is 10.00 Å². The number of carbonyl (C=O) groups is 1. The van der Waals surface area contributed by atoms with Crippen molar-refractivity contribution in [2.45, 2.75) is 20.4 Å². The first-order valence-corrected chi connectivity index (χ1v) is 5.41. The Labute approximate surface area is 96.0 Å². The smallest absolute Gasteiger partial charge is 0.358 e. The zero-order valence-electron chi connectivity index (χ0n) is 10.4. The van der Waals surface area contributed by atoms with Gasteiger partial charge in [-0.05, 0) is 34.0 Å². The lowest BCUT2D eigenvalue weighted by molar-refractivity contribution is 0.0518. The maximum Gasteiger partial charge on any atom is 0.358 e. The van der Waals surface area contributed by atoms with Gasteiger partial charge in [0.15, 0.2) is 5.69 Å². The third-order valence-electron chi connectivity index (χ3n) is 2.22. The maximum atomic E-state index is 11.4. The summed E-state index contributed by atoms with van der Waals surface area (Å²) in [5, 5.41) is 4.22. The molecule has 0 amide bonds. The number of ether oxygens (including phenoxy) is 1. The molecule has 0 saturated carbocycles. The van der Waals surface area contributed by atoms with Crippen LogP contribution in [0.3, 0.4) is 0 Å². The second kappa shape index (κ2) is 5.65. The molecular formula is C11H19N3O2. The normalized spacial score (nSPS) is 10.8. The number of nitrogens with zero attached hydrogens (tertiary/aromatic N) is 3. The lowest BCUT2D eigenvalue weighted by atomic mass is 10.4. The van der Waals surface area contributed by atoms with Crippen LogP contribution in [0.2, 0.25) is 0 Å². The average molecular weight is 225 g/mol. The molecule has 0 bridgehead atoms. The van der Waals surface area contributed by atoms with Crippen molar-refractivity contribution in [2.75, 3.05) is 27.2 Å². The van der Waals surface area contributed by atoms with Crippen LogP contribution < -0.4 is 0 Å². The van der Waals surface area contributed by atoms with Gasteiger partial charge in [0.1, 0.15) is 0 Å². The Kier molecular flexibility index (Phi) is 4.49. The molecule has 0 aliphatic rings. The summed E-state index contributed by atoms with van der Waals surface area (Å²) >= 11 is 0. The molecule has 0 aromatic carbocycles. The van der Waals surface area contributed by atoms with E-state index in [0.29, 0.717) is 12.3 Å². The van der Waals surface area contributed by atoms with Crippen LogP contribution in [0.15, 0.2) is 6.07 Å². The number of aromatic nitrogens is 2. The van der Waals surface area contributed by atoms with Gasteiger partial charge in [0.25, 0.3) is 0 Å². The summed E-state index contributed by atoms with van der Waals surface area (Å²) in [7, 11) is 4.01. The van der Waals surface area contributed by atoms with Crippen molar-refractivity contribution < 1.29 is 9.53 Å². The fourth-order valence-corrected chi connectivity index (χ4v) is 1.34. The number of likely N-dealkylation sites (N-methyl/N-ethyl adjacent to an activating group) is 1. The Morgan fingerprint density at radius 3 is 2.81 bits per heavy atom. The van der Waals surface area contributed by atoms with Crippen LogP contribution in [0.25, 0.3) is 0 Å². The first-order chi connectivity index (χ1) is 7.54. The van der Waals surface area contributed by atoms with Gasteiger partial charge in [-0.2, -0.15) is 5.10 Å². The van der Waals surface area contributed by atoms with Crippen LogP contribution in [0.5, 0.6) is 0 Å². The average Bonchev–Trinajstić information content (AvgIpc) is 2.57. The SMILES string of the molecule is CCOC(=O)c1cc(C)n(CCN(C)C)n1. The van der Waals surface area contributed by atoms with Crippen molar-refractivity contribution >= 4 is 5.97 Å². The molecule has 5 nitrogen and oxygen atoms in total. The number of aryl methyl sites for hydroxylation is 1. The predicted molar refractivity (Wildman–Crippen MR) is 61.5 cm³/mol. The zero-order valence-corrected chi connectivity index (χ0v) is 10.4. The van der Waals surface area contributed by atoms with Gasteiger partial charge in [-0.25, -0.2) is 4.79 Å². The quantitative estimate of drug-likeness (QED) is 0.699. The molecule has 0 spiro atoms. The number of hydrogen-bond acceptors (Lipinski definition) is 4. The molecule has 0 atom stereocenters. The van der Waals surface area contributed by atoms with E-state index in [-0.39, 0.29) is 5.97 Å². The molecule has 1 aromatic heterocycles. The summed E-state index contributed by atoms with van der Waals surface area (Å²) in [5.41, 5.74) is 1.36. The zero-order chi connectivity index (χ0) is 12.1. The highest BCUT2D eigenvalue weighted by Gasteiger charge is 2.12. The first kappa shape index (κ1) is 12.7. The van der Waals surface area contributed by atoms with Crippen LogP contribution in [0.1, 0.15) is 23.1 Å². The van der Waals surface area contributed by atoms with Crippen LogP contribution in [-0.2, 0) is 11.3 Å². The van der Waals surface area contributed by atoms with Crippen molar-refractivity contribution in [1.82, 2.24) is 14.7 Å². The van der Waals surface area contributed by atoms with Crippen LogP contribution in [0, 0.1) is 6.92 Å². The molecule has 1 aromatic rings. The molecule has 0 N–H and O–H groups in total. The number of carbonyl (C=O) groups excluding carboxylic acids is 1. The van der Waals surface area contributed by atoms with Gasteiger partial charge in [-0.1, -0.05) is 0 Å². The third-order valence-corrected chi connectivity index (χ3v) is 2.22. The standard InChI is InChI=1S/C11H19N3O2/c1-5-16-11(15)10-8-9(2)14(12-10)7-6-13(3)4/h8H,5-7H2,1-4H3. The molecule has 1 rings (SSSR count). The maximum absolute atomic E-state index is 11.4.